The number of phenolic OH excluding ortho intramolecular Hbond substituents is 1. The molecule has 2 N–H and O–H groups in total. The van der Waals surface area contributed by atoms with Crippen LogP contribution in [0.2, 0.25) is 0 Å². The first kappa shape index (κ1) is 12.6. The van der Waals surface area contributed by atoms with Gasteiger partial charge in [-0.1, -0.05) is 25.5 Å². The minimum absolute atomic E-state index is 0.0214. The van der Waals surface area contributed by atoms with Gasteiger partial charge in [0.1, 0.15) is 5.75 Å². The van der Waals surface area contributed by atoms with Crippen molar-refractivity contribution in [2.45, 2.75) is 32.6 Å². The fourth-order valence-corrected chi connectivity index (χ4v) is 2.18. The lowest BCUT2D eigenvalue weighted by Crippen LogP contribution is -2.24. The molecular formula is C14H18N2O2. The maximum atomic E-state index is 11.8. The Labute approximate surface area is 107 Å². The molecule has 1 amide bonds. The Bertz CT molecular complexity index is 469. The zero-order valence-electron chi connectivity index (χ0n) is 10.5. The van der Waals surface area contributed by atoms with Crippen LogP contribution in [-0.4, -0.2) is 16.7 Å². The third-order valence-electron chi connectivity index (χ3n) is 3.34. The first-order chi connectivity index (χ1) is 8.68. The van der Waals surface area contributed by atoms with Gasteiger partial charge in [0, 0.05) is 5.71 Å². The molecule has 1 saturated carbocycles. The van der Waals surface area contributed by atoms with E-state index < -0.39 is 0 Å². The van der Waals surface area contributed by atoms with Crippen molar-refractivity contribution in [3.05, 3.63) is 29.8 Å². The summed E-state index contributed by atoms with van der Waals surface area (Å²) in [6.07, 6.45) is 4.44. The number of amides is 1. The largest absolute Gasteiger partial charge is 0.507 e. The molecule has 18 heavy (non-hydrogen) atoms. The van der Waals surface area contributed by atoms with Crippen molar-refractivity contribution in [1.82, 2.24) is 5.43 Å². The molecule has 1 fully saturated rings. The number of hydrazone groups is 1. The van der Waals surface area contributed by atoms with Gasteiger partial charge in [0.25, 0.3) is 5.91 Å². The molecule has 2 rings (SSSR count). The molecule has 96 valence electrons. The van der Waals surface area contributed by atoms with Crippen LogP contribution < -0.4 is 5.43 Å². The number of rotatable bonds is 2. The van der Waals surface area contributed by atoms with E-state index >= 15 is 0 Å². The van der Waals surface area contributed by atoms with Crippen molar-refractivity contribution in [2.75, 3.05) is 0 Å². The maximum Gasteiger partial charge on any atom is 0.275 e. The zero-order valence-corrected chi connectivity index (χ0v) is 10.5. The number of nitrogens with zero attached hydrogens (tertiary/aromatic N) is 1. The molecule has 0 radical (unpaired) electrons. The fraction of sp³-hybridized carbons (Fsp3) is 0.429. The lowest BCUT2D eigenvalue weighted by atomic mass is 9.89. The second-order valence-corrected chi connectivity index (χ2v) is 4.71. The van der Waals surface area contributed by atoms with Gasteiger partial charge in [0.2, 0.25) is 0 Å². The van der Waals surface area contributed by atoms with E-state index in [4.69, 9.17) is 0 Å². The topological polar surface area (TPSA) is 61.7 Å². The number of benzene rings is 1. The van der Waals surface area contributed by atoms with E-state index in [2.05, 4.69) is 17.5 Å². The smallest absolute Gasteiger partial charge is 0.275 e. The van der Waals surface area contributed by atoms with Crippen molar-refractivity contribution in [3.8, 4) is 5.75 Å². The number of aromatic hydroxyl groups is 1. The van der Waals surface area contributed by atoms with Crippen LogP contribution in [0.25, 0.3) is 0 Å². The lowest BCUT2D eigenvalue weighted by molar-refractivity contribution is 0.0951. The third-order valence-corrected chi connectivity index (χ3v) is 3.34. The molecular weight excluding hydrogens is 228 g/mol. The minimum atomic E-state index is -0.363. The van der Waals surface area contributed by atoms with Crippen molar-refractivity contribution in [2.24, 2.45) is 11.0 Å². The van der Waals surface area contributed by atoms with E-state index in [1.807, 2.05) is 0 Å². The van der Waals surface area contributed by atoms with Gasteiger partial charge in [-0.15, -0.1) is 0 Å². The Morgan fingerprint density at radius 2 is 2.17 bits per heavy atom. The second-order valence-electron chi connectivity index (χ2n) is 4.71. The highest BCUT2D eigenvalue weighted by Gasteiger charge is 2.16. The zero-order chi connectivity index (χ0) is 13.0. The summed E-state index contributed by atoms with van der Waals surface area (Å²) < 4.78 is 0. The van der Waals surface area contributed by atoms with Crippen molar-refractivity contribution < 1.29 is 9.90 Å². The van der Waals surface area contributed by atoms with Gasteiger partial charge >= 0.3 is 0 Å². The van der Waals surface area contributed by atoms with Crippen LogP contribution in [-0.2, 0) is 0 Å². The highest BCUT2D eigenvalue weighted by molar-refractivity contribution is 5.98. The van der Waals surface area contributed by atoms with E-state index in [1.165, 1.54) is 12.5 Å². The van der Waals surface area contributed by atoms with Crippen molar-refractivity contribution in [1.29, 1.82) is 0 Å². The molecule has 1 aliphatic carbocycles. The van der Waals surface area contributed by atoms with Gasteiger partial charge in [-0.2, -0.15) is 5.10 Å². The van der Waals surface area contributed by atoms with Crippen molar-refractivity contribution in [3.63, 3.8) is 0 Å². The molecule has 1 aliphatic rings. The van der Waals surface area contributed by atoms with Gasteiger partial charge in [-0.3, -0.25) is 4.79 Å². The SMILES string of the molecule is CC1CCCC/C1=N/NC(=O)c1ccccc1O. The Kier molecular flexibility index (Phi) is 3.97. The summed E-state index contributed by atoms with van der Waals surface area (Å²) in [5, 5.41) is 13.7. The first-order valence-corrected chi connectivity index (χ1v) is 6.33. The molecule has 0 heterocycles. The highest BCUT2D eigenvalue weighted by atomic mass is 16.3. The number of phenols is 1. The summed E-state index contributed by atoms with van der Waals surface area (Å²) in [7, 11) is 0. The van der Waals surface area contributed by atoms with Crippen molar-refractivity contribution >= 4 is 11.6 Å². The minimum Gasteiger partial charge on any atom is -0.507 e. The van der Waals surface area contributed by atoms with Crippen LogP contribution in [0.4, 0.5) is 0 Å². The maximum absolute atomic E-state index is 11.8. The standard InChI is InChI=1S/C14H18N2O2/c1-10-6-2-4-8-12(10)15-16-14(18)11-7-3-5-9-13(11)17/h3,5,7,9-10,17H,2,4,6,8H2,1H3,(H,16,18)/b15-12-. The summed E-state index contributed by atoms with van der Waals surface area (Å²) >= 11 is 0. The van der Waals surface area contributed by atoms with E-state index in [9.17, 15) is 9.90 Å². The molecule has 4 heteroatoms. The lowest BCUT2D eigenvalue weighted by Gasteiger charge is -2.19. The fourth-order valence-electron chi connectivity index (χ4n) is 2.18. The Morgan fingerprint density at radius 3 is 2.89 bits per heavy atom. The van der Waals surface area contributed by atoms with Gasteiger partial charge in [0.15, 0.2) is 0 Å². The quantitative estimate of drug-likeness (QED) is 0.788. The van der Waals surface area contributed by atoms with E-state index in [-0.39, 0.29) is 17.2 Å². The second kappa shape index (κ2) is 5.67. The summed E-state index contributed by atoms with van der Waals surface area (Å²) in [5.41, 5.74) is 3.83. The predicted molar refractivity (Wildman–Crippen MR) is 70.6 cm³/mol. The Morgan fingerprint density at radius 1 is 1.39 bits per heavy atom. The summed E-state index contributed by atoms with van der Waals surface area (Å²) in [6.45, 7) is 2.13. The summed E-state index contributed by atoms with van der Waals surface area (Å²) in [5.74, 6) is 0.0497. The number of carbonyl (C=O) groups is 1. The van der Waals surface area contributed by atoms with Crippen LogP contribution >= 0.6 is 0 Å². The highest BCUT2D eigenvalue weighted by Crippen LogP contribution is 2.21. The molecule has 1 aromatic rings. The van der Waals surface area contributed by atoms with Crippen LogP contribution in [0.15, 0.2) is 29.4 Å². The van der Waals surface area contributed by atoms with Gasteiger partial charge in [0.05, 0.1) is 5.56 Å². The van der Waals surface area contributed by atoms with Gasteiger partial charge in [-0.25, -0.2) is 5.43 Å². The molecule has 0 bridgehead atoms. The number of carbonyl (C=O) groups excluding carboxylic acids is 1. The van der Waals surface area contributed by atoms with Gasteiger partial charge in [-0.05, 0) is 37.3 Å². The summed E-state index contributed by atoms with van der Waals surface area (Å²) in [6, 6.07) is 6.46. The molecule has 4 nitrogen and oxygen atoms in total. The number of hydrogen-bond acceptors (Lipinski definition) is 3. The van der Waals surface area contributed by atoms with Crippen LogP contribution in [0.3, 0.4) is 0 Å². The molecule has 1 unspecified atom stereocenters. The van der Waals surface area contributed by atoms with Crippen LogP contribution in [0.1, 0.15) is 43.0 Å². The molecule has 1 atom stereocenters. The Hall–Kier alpha value is -1.84. The molecule has 0 spiro atoms. The number of hydrogen-bond donors (Lipinski definition) is 2. The average Bonchev–Trinajstić information content (AvgIpc) is 2.38. The third kappa shape index (κ3) is 2.88. The van der Waals surface area contributed by atoms with E-state index in [1.54, 1.807) is 18.2 Å². The molecule has 1 aromatic carbocycles. The van der Waals surface area contributed by atoms with Gasteiger partial charge < -0.3 is 5.11 Å². The molecule has 0 aromatic heterocycles. The first-order valence-electron chi connectivity index (χ1n) is 6.33. The average molecular weight is 246 g/mol. The van der Waals surface area contributed by atoms with Crippen LogP contribution in [0.5, 0.6) is 5.75 Å². The monoisotopic (exact) mass is 246 g/mol. The summed E-state index contributed by atoms with van der Waals surface area (Å²) in [4.78, 5) is 11.8. The van der Waals surface area contributed by atoms with Crippen LogP contribution in [0, 0.1) is 5.92 Å². The molecule has 0 aliphatic heterocycles. The number of nitrogens with one attached hydrogen (secondary N) is 1. The molecule has 0 saturated heterocycles. The van der Waals surface area contributed by atoms with E-state index in [0.29, 0.717) is 5.92 Å². The predicted octanol–water partition coefficient (Wildman–Crippen LogP) is 2.69. The normalized spacial score (nSPS) is 21.8. The number of para-hydroxylation sites is 1. The Balaban J connectivity index is 2.04. The van der Waals surface area contributed by atoms with E-state index in [0.717, 1.165) is 25.0 Å².